The molecule has 0 fully saturated rings. The predicted molar refractivity (Wildman–Crippen MR) is 199 cm³/mol. The van der Waals surface area contributed by atoms with Crippen molar-refractivity contribution in [2.45, 2.75) is 40.0 Å². The highest BCUT2D eigenvalue weighted by atomic mass is 16.3. The Morgan fingerprint density at radius 3 is 2.12 bits per heavy atom. The van der Waals surface area contributed by atoms with Crippen LogP contribution >= 0.6 is 0 Å². The SMILES string of the molecule is Cc1ccc(C)c(-c2ccc(-c3cc(-c4ccccc4)c4nc(-c5ccccc5N=Cc5cc(C(C)(C)C)ccc5O)oc4c3)cc2)c1. The van der Waals surface area contributed by atoms with E-state index in [-0.39, 0.29) is 11.2 Å². The maximum absolute atomic E-state index is 10.6. The first-order chi connectivity index (χ1) is 23.1. The summed E-state index contributed by atoms with van der Waals surface area (Å²) in [6, 6.07) is 43.4. The van der Waals surface area contributed by atoms with Gasteiger partial charge in [0, 0.05) is 17.3 Å². The normalized spacial score (nSPS) is 11.9. The van der Waals surface area contributed by atoms with E-state index in [1.54, 1.807) is 12.3 Å². The van der Waals surface area contributed by atoms with Gasteiger partial charge in [0.15, 0.2) is 5.58 Å². The number of benzene rings is 6. The minimum atomic E-state index is -0.0518. The van der Waals surface area contributed by atoms with E-state index in [1.165, 1.54) is 22.3 Å². The molecule has 48 heavy (non-hydrogen) atoms. The Labute approximate surface area is 282 Å². The van der Waals surface area contributed by atoms with Crippen LogP contribution in [0.15, 0.2) is 137 Å². The van der Waals surface area contributed by atoms with Gasteiger partial charge in [-0.3, -0.25) is 4.99 Å². The zero-order valence-corrected chi connectivity index (χ0v) is 28.0. The number of para-hydroxylation sites is 1. The summed E-state index contributed by atoms with van der Waals surface area (Å²) >= 11 is 0. The lowest BCUT2D eigenvalue weighted by atomic mass is 9.86. The van der Waals surface area contributed by atoms with E-state index in [1.807, 2.05) is 54.6 Å². The van der Waals surface area contributed by atoms with E-state index in [4.69, 9.17) is 14.4 Å². The molecule has 236 valence electrons. The van der Waals surface area contributed by atoms with Crippen molar-refractivity contribution in [2.24, 2.45) is 4.99 Å². The molecule has 0 radical (unpaired) electrons. The Kier molecular flexibility index (Phi) is 8.02. The van der Waals surface area contributed by atoms with Crippen molar-refractivity contribution >= 4 is 23.0 Å². The largest absolute Gasteiger partial charge is 0.507 e. The number of hydrogen-bond acceptors (Lipinski definition) is 4. The summed E-state index contributed by atoms with van der Waals surface area (Å²) in [7, 11) is 0. The number of oxazole rings is 1. The Morgan fingerprint density at radius 2 is 1.35 bits per heavy atom. The average molecular weight is 627 g/mol. The van der Waals surface area contributed by atoms with Crippen molar-refractivity contribution in [3.05, 3.63) is 150 Å². The van der Waals surface area contributed by atoms with Crippen molar-refractivity contribution < 1.29 is 9.52 Å². The van der Waals surface area contributed by atoms with Gasteiger partial charge in [-0.1, -0.05) is 117 Å². The van der Waals surface area contributed by atoms with Gasteiger partial charge < -0.3 is 9.52 Å². The molecule has 4 heteroatoms. The van der Waals surface area contributed by atoms with Crippen LogP contribution in [0.2, 0.25) is 0 Å². The first-order valence-electron chi connectivity index (χ1n) is 16.3. The highest BCUT2D eigenvalue weighted by Gasteiger charge is 2.18. The number of aryl methyl sites for hydroxylation is 2. The van der Waals surface area contributed by atoms with E-state index in [0.29, 0.717) is 22.7 Å². The summed E-state index contributed by atoms with van der Waals surface area (Å²) in [5.41, 5.74) is 13.9. The number of aromatic nitrogens is 1. The Balaban J connectivity index is 1.31. The number of aliphatic imine (C=N–C) groups is 1. The topological polar surface area (TPSA) is 58.6 Å². The molecule has 0 bridgehead atoms. The van der Waals surface area contributed by atoms with Crippen LogP contribution < -0.4 is 0 Å². The highest BCUT2D eigenvalue weighted by Crippen LogP contribution is 2.39. The lowest BCUT2D eigenvalue weighted by molar-refractivity contribution is 0.473. The lowest BCUT2D eigenvalue weighted by Gasteiger charge is -2.19. The van der Waals surface area contributed by atoms with Crippen LogP contribution in [0.1, 0.15) is 43.0 Å². The van der Waals surface area contributed by atoms with Crippen molar-refractivity contribution in [3.8, 4) is 50.6 Å². The molecule has 0 saturated heterocycles. The van der Waals surface area contributed by atoms with E-state index in [9.17, 15) is 5.11 Å². The quantitative estimate of drug-likeness (QED) is 0.187. The molecule has 7 rings (SSSR count). The number of phenolic OH excluding ortho intramolecular Hbond substituents is 1. The summed E-state index contributed by atoms with van der Waals surface area (Å²) < 4.78 is 6.55. The Hall–Kier alpha value is -5.74. The van der Waals surface area contributed by atoms with Gasteiger partial charge in [-0.25, -0.2) is 4.98 Å². The number of rotatable bonds is 6. The fraction of sp³-hybridized carbons (Fsp3) is 0.136. The third-order valence-electron chi connectivity index (χ3n) is 8.87. The lowest BCUT2D eigenvalue weighted by Crippen LogP contribution is -2.11. The Bertz CT molecular complexity index is 2290. The van der Waals surface area contributed by atoms with Crippen LogP contribution in [0.25, 0.3) is 55.9 Å². The maximum Gasteiger partial charge on any atom is 0.229 e. The van der Waals surface area contributed by atoms with Gasteiger partial charge in [0.2, 0.25) is 5.89 Å². The maximum atomic E-state index is 10.6. The minimum absolute atomic E-state index is 0.0518. The van der Waals surface area contributed by atoms with Gasteiger partial charge in [0.05, 0.1) is 11.3 Å². The summed E-state index contributed by atoms with van der Waals surface area (Å²) in [4.78, 5) is 9.87. The average Bonchev–Trinajstić information content (AvgIpc) is 3.53. The second kappa shape index (κ2) is 12.5. The standard InChI is InChI=1S/C44H38N2O2/c1-28-15-16-29(2)37(23-28)32-19-17-30(18-20-32)33-25-38(31-11-7-6-8-12-31)42-41(26-33)48-43(46-42)36-13-9-10-14-39(36)45-27-34-24-35(44(3,4)5)21-22-40(34)47/h6-27,47H,1-5H3. The molecule has 0 saturated carbocycles. The van der Waals surface area contributed by atoms with Crippen LogP contribution in [-0.4, -0.2) is 16.3 Å². The van der Waals surface area contributed by atoms with Crippen LogP contribution in [0.4, 0.5) is 5.69 Å². The molecule has 7 aromatic rings. The molecule has 0 spiro atoms. The molecule has 6 aromatic carbocycles. The van der Waals surface area contributed by atoms with E-state index in [2.05, 4.69) is 101 Å². The van der Waals surface area contributed by atoms with E-state index in [0.717, 1.165) is 38.9 Å². The molecular formula is C44H38N2O2. The molecule has 1 N–H and O–H groups in total. The van der Waals surface area contributed by atoms with Gasteiger partial charge in [-0.05, 0) is 94.6 Å². The summed E-state index contributed by atoms with van der Waals surface area (Å²) in [6.45, 7) is 10.7. The van der Waals surface area contributed by atoms with Crippen LogP contribution in [0.3, 0.4) is 0 Å². The number of aromatic hydroxyl groups is 1. The monoisotopic (exact) mass is 626 g/mol. The number of phenols is 1. The molecule has 0 atom stereocenters. The number of nitrogens with zero attached hydrogens (tertiary/aromatic N) is 2. The van der Waals surface area contributed by atoms with Gasteiger partial charge in [0.25, 0.3) is 0 Å². The Morgan fingerprint density at radius 1 is 0.646 bits per heavy atom. The molecule has 1 aromatic heterocycles. The highest BCUT2D eigenvalue weighted by molar-refractivity contribution is 5.97. The zero-order chi connectivity index (χ0) is 33.4. The van der Waals surface area contributed by atoms with Crippen molar-refractivity contribution in [2.75, 3.05) is 0 Å². The first kappa shape index (κ1) is 30.9. The number of fused-ring (bicyclic) bond motifs is 1. The van der Waals surface area contributed by atoms with Crippen LogP contribution in [0.5, 0.6) is 5.75 Å². The predicted octanol–water partition coefficient (Wildman–Crippen LogP) is 11.9. The van der Waals surface area contributed by atoms with E-state index >= 15 is 0 Å². The molecule has 1 heterocycles. The number of hydrogen-bond donors (Lipinski definition) is 1. The van der Waals surface area contributed by atoms with Gasteiger partial charge in [-0.2, -0.15) is 0 Å². The molecule has 0 aliphatic rings. The third-order valence-corrected chi connectivity index (χ3v) is 8.87. The third kappa shape index (κ3) is 6.17. The summed E-state index contributed by atoms with van der Waals surface area (Å²) in [5.74, 6) is 0.679. The first-order valence-corrected chi connectivity index (χ1v) is 16.3. The van der Waals surface area contributed by atoms with Crippen LogP contribution in [0, 0.1) is 13.8 Å². The summed E-state index contributed by atoms with van der Waals surface area (Å²) in [6.07, 6.45) is 1.71. The van der Waals surface area contributed by atoms with Crippen molar-refractivity contribution in [1.29, 1.82) is 0 Å². The molecule has 0 unspecified atom stereocenters. The van der Waals surface area contributed by atoms with Crippen LogP contribution in [-0.2, 0) is 5.41 Å². The molecular weight excluding hydrogens is 588 g/mol. The molecule has 0 aliphatic carbocycles. The fourth-order valence-corrected chi connectivity index (χ4v) is 6.07. The second-order valence-corrected chi connectivity index (χ2v) is 13.5. The molecule has 0 aliphatic heterocycles. The van der Waals surface area contributed by atoms with E-state index < -0.39 is 0 Å². The molecule has 4 nitrogen and oxygen atoms in total. The van der Waals surface area contributed by atoms with Crippen molar-refractivity contribution in [3.63, 3.8) is 0 Å². The summed E-state index contributed by atoms with van der Waals surface area (Å²) in [5, 5.41) is 10.6. The molecule has 0 amide bonds. The van der Waals surface area contributed by atoms with Gasteiger partial charge in [0.1, 0.15) is 11.3 Å². The smallest absolute Gasteiger partial charge is 0.229 e. The van der Waals surface area contributed by atoms with Gasteiger partial charge in [-0.15, -0.1) is 0 Å². The minimum Gasteiger partial charge on any atom is -0.507 e. The zero-order valence-electron chi connectivity index (χ0n) is 28.0. The fourth-order valence-electron chi connectivity index (χ4n) is 6.07. The second-order valence-electron chi connectivity index (χ2n) is 13.5. The van der Waals surface area contributed by atoms with Crippen molar-refractivity contribution in [1.82, 2.24) is 4.98 Å². The van der Waals surface area contributed by atoms with Gasteiger partial charge >= 0.3 is 0 Å².